The van der Waals surface area contributed by atoms with Crippen LogP contribution in [-0.4, -0.2) is 11.7 Å². The molecule has 0 aliphatic heterocycles. The fraction of sp³-hybridized carbons (Fsp3) is 0.182. The number of nitrogens with zero attached hydrogens (tertiary/aromatic N) is 1. The summed E-state index contributed by atoms with van der Waals surface area (Å²) in [6, 6.07) is 6.89. The number of Topliss-reactive ketones (excluding diaryl/α,β-unsaturated/α-hetero) is 1. The minimum atomic E-state index is -1.28. The van der Waals surface area contributed by atoms with E-state index in [1.807, 2.05) is 0 Å². The average Bonchev–Trinajstić information content (AvgIpc) is 2.24. The monoisotopic (exact) mass is 358 g/mol. The van der Waals surface area contributed by atoms with Crippen molar-refractivity contribution in [2.75, 3.05) is 5.32 Å². The van der Waals surface area contributed by atoms with E-state index < -0.39 is 17.6 Å². The molecule has 1 amide bonds. The van der Waals surface area contributed by atoms with Crippen LogP contribution in [0, 0.1) is 17.2 Å². The van der Waals surface area contributed by atoms with E-state index in [0.717, 1.165) is 4.47 Å². The van der Waals surface area contributed by atoms with Crippen molar-refractivity contribution in [3.63, 3.8) is 0 Å². The van der Waals surface area contributed by atoms with Gasteiger partial charge in [0.25, 0.3) is 0 Å². The molecule has 0 fully saturated rings. The lowest BCUT2D eigenvalue weighted by atomic mass is 10.1. The Hall–Kier alpha value is -1.19. The van der Waals surface area contributed by atoms with Crippen molar-refractivity contribution < 1.29 is 9.59 Å². The first-order chi connectivity index (χ1) is 7.95. The van der Waals surface area contributed by atoms with Crippen LogP contribution < -0.4 is 5.32 Å². The standard InChI is InChI=1S/C11H8Br2N2O2/c1-6(16)8(5-14)11(17)15-10-4-7(12)2-3-9(10)13/h2-4,8H,1H3,(H,15,17)/t8-/m1/s1. The second-order valence-electron chi connectivity index (χ2n) is 3.29. The van der Waals surface area contributed by atoms with Crippen molar-refractivity contribution >= 4 is 49.2 Å². The van der Waals surface area contributed by atoms with E-state index in [1.165, 1.54) is 6.92 Å². The van der Waals surface area contributed by atoms with Crippen LogP contribution in [0.25, 0.3) is 0 Å². The molecule has 6 heteroatoms. The van der Waals surface area contributed by atoms with Gasteiger partial charge in [-0.15, -0.1) is 0 Å². The third kappa shape index (κ3) is 3.65. The number of carbonyl (C=O) groups excluding carboxylic acids is 2. The largest absolute Gasteiger partial charge is 0.323 e. The summed E-state index contributed by atoms with van der Waals surface area (Å²) in [5, 5.41) is 11.2. The molecule has 0 aliphatic rings. The fourth-order valence-electron chi connectivity index (χ4n) is 1.13. The number of hydrogen-bond acceptors (Lipinski definition) is 3. The molecule has 0 radical (unpaired) electrons. The van der Waals surface area contributed by atoms with E-state index in [-0.39, 0.29) is 0 Å². The van der Waals surface area contributed by atoms with Crippen molar-refractivity contribution in [3.05, 3.63) is 27.1 Å². The lowest BCUT2D eigenvalue weighted by Gasteiger charge is -2.09. The Balaban J connectivity index is 2.92. The summed E-state index contributed by atoms with van der Waals surface area (Å²) in [6.07, 6.45) is 0. The van der Waals surface area contributed by atoms with Crippen LogP contribution in [0.1, 0.15) is 6.92 Å². The quantitative estimate of drug-likeness (QED) is 0.843. The minimum absolute atomic E-state index is 0.476. The van der Waals surface area contributed by atoms with Crippen LogP contribution >= 0.6 is 31.9 Å². The van der Waals surface area contributed by atoms with Crippen molar-refractivity contribution in [1.82, 2.24) is 0 Å². The lowest BCUT2D eigenvalue weighted by Crippen LogP contribution is -2.27. The second kappa shape index (κ2) is 5.94. The highest BCUT2D eigenvalue weighted by Gasteiger charge is 2.23. The maximum atomic E-state index is 11.7. The Labute approximate surface area is 115 Å². The molecule has 1 aromatic rings. The molecule has 0 saturated heterocycles. The Bertz CT molecular complexity index is 509. The van der Waals surface area contributed by atoms with Crippen LogP contribution in [0.3, 0.4) is 0 Å². The summed E-state index contributed by atoms with van der Waals surface area (Å²) in [4.78, 5) is 22.7. The summed E-state index contributed by atoms with van der Waals surface area (Å²) in [7, 11) is 0. The van der Waals surface area contributed by atoms with Crippen molar-refractivity contribution in [1.29, 1.82) is 5.26 Å². The molecule has 4 nitrogen and oxygen atoms in total. The number of halogens is 2. The molecule has 1 atom stereocenters. The molecule has 0 saturated carbocycles. The zero-order chi connectivity index (χ0) is 13.0. The maximum Gasteiger partial charge on any atom is 0.249 e. The van der Waals surface area contributed by atoms with Crippen LogP contribution in [0.4, 0.5) is 5.69 Å². The van der Waals surface area contributed by atoms with Crippen molar-refractivity contribution in [2.24, 2.45) is 5.92 Å². The van der Waals surface area contributed by atoms with Gasteiger partial charge in [-0.2, -0.15) is 5.26 Å². The highest BCUT2D eigenvalue weighted by atomic mass is 79.9. The molecular weight excluding hydrogens is 352 g/mol. The Morgan fingerprint density at radius 1 is 1.41 bits per heavy atom. The molecule has 0 spiro atoms. The van der Waals surface area contributed by atoms with Crippen molar-refractivity contribution in [3.8, 4) is 6.07 Å². The number of nitriles is 1. The minimum Gasteiger partial charge on any atom is -0.323 e. The van der Waals surface area contributed by atoms with Crippen molar-refractivity contribution in [2.45, 2.75) is 6.92 Å². The summed E-state index contributed by atoms with van der Waals surface area (Å²) in [5.74, 6) is -2.38. The third-order valence-electron chi connectivity index (χ3n) is 1.98. The number of nitrogens with one attached hydrogen (secondary N) is 1. The first-order valence-electron chi connectivity index (χ1n) is 4.61. The van der Waals surface area contributed by atoms with E-state index in [0.29, 0.717) is 10.2 Å². The van der Waals surface area contributed by atoms with Crippen LogP contribution in [-0.2, 0) is 9.59 Å². The normalized spacial score (nSPS) is 11.4. The molecule has 17 heavy (non-hydrogen) atoms. The van der Waals surface area contributed by atoms with Gasteiger partial charge >= 0.3 is 0 Å². The van der Waals surface area contributed by atoms with E-state index in [1.54, 1.807) is 24.3 Å². The molecule has 0 aliphatic carbocycles. The summed E-state index contributed by atoms with van der Waals surface area (Å²) < 4.78 is 1.46. The van der Waals surface area contributed by atoms with Gasteiger partial charge in [-0.25, -0.2) is 0 Å². The zero-order valence-electron chi connectivity index (χ0n) is 8.83. The van der Waals surface area contributed by atoms with E-state index >= 15 is 0 Å². The van der Waals surface area contributed by atoms with Gasteiger partial charge in [-0.3, -0.25) is 9.59 Å². The van der Waals surface area contributed by atoms with E-state index in [2.05, 4.69) is 37.2 Å². The molecule has 88 valence electrons. The summed E-state index contributed by atoms with van der Waals surface area (Å²) >= 11 is 6.53. The second-order valence-corrected chi connectivity index (χ2v) is 5.06. The van der Waals surface area contributed by atoms with Crippen LogP contribution in [0.15, 0.2) is 27.1 Å². The molecule has 1 N–H and O–H groups in total. The number of anilines is 1. The Kier molecular flexibility index (Phi) is 4.85. The molecular formula is C11H8Br2N2O2. The van der Waals surface area contributed by atoms with Gasteiger partial charge < -0.3 is 5.32 Å². The molecule has 0 heterocycles. The zero-order valence-corrected chi connectivity index (χ0v) is 12.0. The lowest BCUT2D eigenvalue weighted by molar-refractivity contribution is -0.127. The molecule has 1 aromatic carbocycles. The van der Waals surface area contributed by atoms with Gasteiger partial charge in [0.2, 0.25) is 5.91 Å². The predicted molar refractivity (Wildman–Crippen MR) is 70.3 cm³/mol. The SMILES string of the molecule is CC(=O)[C@@H](C#N)C(=O)Nc1cc(Br)ccc1Br. The smallest absolute Gasteiger partial charge is 0.249 e. The fourth-order valence-corrected chi connectivity index (χ4v) is 1.84. The maximum absolute atomic E-state index is 11.7. The van der Waals surface area contributed by atoms with Crippen LogP contribution in [0.2, 0.25) is 0 Å². The highest BCUT2D eigenvalue weighted by molar-refractivity contribution is 9.11. The summed E-state index contributed by atoms with van der Waals surface area (Å²) in [6.45, 7) is 1.21. The number of amides is 1. The summed E-state index contributed by atoms with van der Waals surface area (Å²) in [5.41, 5.74) is 0.505. The number of rotatable bonds is 3. The first kappa shape index (κ1) is 13.9. The van der Waals surface area contributed by atoms with Gasteiger partial charge in [0, 0.05) is 8.95 Å². The number of ketones is 1. The topological polar surface area (TPSA) is 70.0 Å². The van der Waals surface area contributed by atoms with Crippen LogP contribution in [0.5, 0.6) is 0 Å². The predicted octanol–water partition coefficient (Wildman–Crippen LogP) is 2.88. The first-order valence-corrected chi connectivity index (χ1v) is 6.20. The molecule has 0 aromatic heterocycles. The van der Waals surface area contributed by atoms with Gasteiger partial charge in [0.15, 0.2) is 11.7 Å². The van der Waals surface area contributed by atoms with Gasteiger partial charge in [0.05, 0.1) is 11.8 Å². The number of carbonyl (C=O) groups is 2. The van der Waals surface area contributed by atoms with Gasteiger partial charge in [-0.1, -0.05) is 15.9 Å². The van der Waals surface area contributed by atoms with E-state index in [9.17, 15) is 9.59 Å². The average molecular weight is 360 g/mol. The Morgan fingerprint density at radius 3 is 2.59 bits per heavy atom. The molecule has 0 bridgehead atoms. The van der Waals surface area contributed by atoms with Gasteiger partial charge in [-0.05, 0) is 41.1 Å². The molecule has 1 rings (SSSR count). The van der Waals surface area contributed by atoms with Gasteiger partial charge in [0.1, 0.15) is 0 Å². The highest BCUT2D eigenvalue weighted by Crippen LogP contribution is 2.26. The Morgan fingerprint density at radius 2 is 2.06 bits per heavy atom. The molecule has 0 unspecified atom stereocenters. The van der Waals surface area contributed by atoms with E-state index in [4.69, 9.17) is 5.26 Å². The number of benzene rings is 1. The third-order valence-corrected chi connectivity index (χ3v) is 3.17. The number of hydrogen-bond donors (Lipinski definition) is 1.